The van der Waals surface area contributed by atoms with Crippen LogP contribution in [0.3, 0.4) is 0 Å². The molecule has 0 aliphatic carbocycles. The Bertz CT molecular complexity index is 663. The zero-order chi connectivity index (χ0) is 20.1. The summed E-state index contributed by atoms with van der Waals surface area (Å²) in [6, 6.07) is -1.93. The van der Waals surface area contributed by atoms with Crippen molar-refractivity contribution in [1.29, 1.82) is 0 Å². The highest BCUT2D eigenvalue weighted by atomic mass is 16.6. The molecular weight excluding hydrogens is 346 g/mol. The van der Waals surface area contributed by atoms with Gasteiger partial charge in [0.1, 0.15) is 23.4 Å². The number of carbonyl (C=O) groups is 3. The van der Waals surface area contributed by atoms with E-state index in [1.807, 2.05) is 0 Å². The summed E-state index contributed by atoms with van der Waals surface area (Å²) in [5.41, 5.74) is -0.734. The molecule has 2 atom stereocenters. The van der Waals surface area contributed by atoms with E-state index in [1.54, 1.807) is 27.7 Å². The molecule has 0 aliphatic heterocycles. The molecule has 0 unspecified atom stereocenters. The Morgan fingerprint density at radius 2 is 1.88 bits per heavy atom. The fourth-order valence-electron chi connectivity index (χ4n) is 1.91. The highest BCUT2D eigenvalue weighted by Gasteiger charge is 2.27. The number of nitrogens with zero attached hydrogens (tertiary/aromatic N) is 1. The van der Waals surface area contributed by atoms with Gasteiger partial charge in [-0.05, 0) is 34.6 Å². The van der Waals surface area contributed by atoms with Crippen molar-refractivity contribution in [3.8, 4) is 0 Å². The lowest BCUT2D eigenvalue weighted by molar-refractivity contribution is -0.124. The normalized spacial score (nSPS) is 13.5. The molecule has 0 aromatic carbocycles. The molecule has 1 aromatic heterocycles. The summed E-state index contributed by atoms with van der Waals surface area (Å²) in [5, 5.41) is 14.2. The molecule has 0 bridgehead atoms. The number of methoxy groups -OCH3 is 1. The van der Waals surface area contributed by atoms with E-state index in [0.29, 0.717) is 0 Å². The molecule has 1 heterocycles. The number of hydrogen-bond donors (Lipinski definition) is 3. The van der Waals surface area contributed by atoms with Crippen LogP contribution in [0.5, 0.6) is 0 Å². The molecule has 1 aromatic rings. The number of nitrogens with one attached hydrogen (secondary N) is 2. The van der Waals surface area contributed by atoms with Gasteiger partial charge in [-0.15, -0.1) is 0 Å². The van der Waals surface area contributed by atoms with Crippen molar-refractivity contribution >= 4 is 18.0 Å². The van der Waals surface area contributed by atoms with Crippen molar-refractivity contribution in [2.75, 3.05) is 13.7 Å². The third-order valence-corrected chi connectivity index (χ3v) is 3.11. The van der Waals surface area contributed by atoms with E-state index in [9.17, 15) is 19.5 Å². The van der Waals surface area contributed by atoms with Crippen molar-refractivity contribution in [3.05, 3.63) is 17.3 Å². The summed E-state index contributed by atoms with van der Waals surface area (Å²) in [5.74, 6) is -0.985. The van der Waals surface area contributed by atoms with Crippen molar-refractivity contribution in [3.63, 3.8) is 0 Å². The van der Waals surface area contributed by atoms with Gasteiger partial charge in [-0.3, -0.25) is 4.79 Å². The third-order valence-electron chi connectivity index (χ3n) is 3.11. The van der Waals surface area contributed by atoms with Crippen molar-refractivity contribution in [1.82, 2.24) is 15.6 Å². The van der Waals surface area contributed by atoms with Gasteiger partial charge in [0, 0.05) is 0 Å². The first-order chi connectivity index (χ1) is 12.0. The van der Waals surface area contributed by atoms with Crippen LogP contribution in [0.25, 0.3) is 0 Å². The Labute approximate surface area is 151 Å². The van der Waals surface area contributed by atoms with Gasteiger partial charge in [0.25, 0.3) is 0 Å². The van der Waals surface area contributed by atoms with Crippen LogP contribution in [-0.2, 0) is 14.3 Å². The first-order valence-corrected chi connectivity index (χ1v) is 7.94. The van der Waals surface area contributed by atoms with Gasteiger partial charge >= 0.3 is 12.1 Å². The van der Waals surface area contributed by atoms with E-state index >= 15 is 0 Å². The number of oxazole rings is 1. The third kappa shape index (κ3) is 6.03. The number of rotatable bonds is 6. The van der Waals surface area contributed by atoms with Gasteiger partial charge in [0.2, 0.25) is 11.8 Å². The molecule has 146 valence electrons. The zero-order valence-electron chi connectivity index (χ0n) is 15.7. The number of aliphatic hydroxyl groups excluding tert-OH is 1. The van der Waals surface area contributed by atoms with Gasteiger partial charge in [-0.25, -0.2) is 14.6 Å². The topological polar surface area (TPSA) is 140 Å². The summed E-state index contributed by atoms with van der Waals surface area (Å²) in [6.45, 7) is 7.51. The fourth-order valence-corrected chi connectivity index (χ4v) is 1.91. The maximum atomic E-state index is 12.2. The quantitative estimate of drug-likeness (QED) is 0.625. The molecule has 10 nitrogen and oxygen atoms in total. The Kier molecular flexibility index (Phi) is 7.13. The Morgan fingerprint density at radius 3 is 2.38 bits per heavy atom. The van der Waals surface area contributed by atoms with E-state index in [2.05, 4.69) is 20.4 Å². The summed E-state index contributed by atoms with van der Waals surface area (Å²) in [4.78, 5) is 39.5. The number of ether oxygens (including phenoxy) is 2. The number of aryl methyl sites for hydroxylation is 1. The van der Waals surface area contributed by atoms with Crippen LogP contribution < -0.4 is 10.6 Å². The molecule has 0 fully saturated rings. The monoisotopic (exact) mass is 371 g/mol. The van der Waals surface area contributed by atoms with Crippen LogP contribution in [0.4, 0.5) is 4.79 Å². The molecule has 1 rings (SSSR count). The van der Waals surface area contributed by atoms with Gasteiger partial charge in [0.05, 0.1) is 13.7 Å². The second-order valence-electron chi connectivity index (χ2n) is 6.56. The second-order valence-corrected chi connectivity index (χ2v) is 6.56. The Hall–Kier alpha value is -2.62. The lowest BCUT2D eigenvalue weighted by atomic mass is 10.2. The molecule has 2 amide bonds. The number of carbonyl (C=O) groups excluding carboxylic acids is 3. The average Bonchev–Trinajstić information content (AvgIpc) is 2.92. The first kappa shape index (κ1) is 21.4. The number of hydrogen-bond acceptors (Lipinski definition) is 8. The highest BCUT2D eigenvalue weighted by Crippen LogP contribution is 2.17. The molecule has 0 aliphatic rings. The number of amides is 2. The SMILES string of the molecule is COC(=O)c1nc([C@@H](C)NC(=O)[C@H](CO)NC(=O)OC(C)(C)C)oc1C. The van der Waals surface area contributed by atoms with Crippen molar-refractivity contribution in [2.45, 2.75) is 52.3 Å². The van der Waals surface area contributed by atoms with E-state index in [4.69, 9.17) is 9.15 Å². The van der Waals surface area contributed by atoms with Gasteiger partial charge in [0.15, 0.2) is 5.69 Å². The van der Waals surface area contributed by atoms with Crippen LogP contribution in [0.2, 0.25) is 0 Å². The molecule has 0 spiro atoms. The van der Waals surface area contributed by atoms with Gasteiger partial charge in [-0.1, -0.05) is 0 Å². The lowest BCUT2D eigenvalue weighted by Gasteiger charge is -2.23. The minimum atomic E-state index is -1.22. The highest BCUT2D eigenvalue weighted by molar-refractivity contribution is 5.88. The van der Waals surface area contributed by atoms with Gasteiger partial charge in [-0.2, -0.15) is 0 Å². The smallest absolute Gasteiger partial charge is 0.408 e. The summed E-state index contributed by atoms with van der Waals surface area (Å²) in [6.07, 6.45) is -0.834. The Morgan fingerprint density at radius 1 is 1.27 bits per heavy atom. The molecule has 3 N–H and O–H groups in total. The molecule has 26 heavy (non-hydrogen) atoms. The lowest BCUT2D eigenvalue weighted by Crippen LogP contribution is -2.50. The van der Waals surface area contributed by atoms with Crippen LogP contribution in [0, 0.1) is 6.92 Å². The predicted octanol–water partition coefficient (Wildman–Crippen LogP) is 0.832. The van der Waals surface area contributed by atoms with Crippen LogP contribution in [0.1, 0.15) is 55.9 Å². The van der Waals surface area contributed by atoms with E-state index in [1.165, 1.54) is 14.0 Å². The summed E-state index contributed by atoms with van der Waals surface area (Å²) < 4.78 is 15.0. The van der Waals surface area contributed by atoms with Crippen LogP contribution >= 0.6 is 0 Å². The fraction of sp³-hybridized carbons (Fsp3) is 0.625. The average molecular weight is 371 g/mol. The summed E-state index contributed by atoms with van der Waals surface area (Å²) >= 11 is 0. The molecule has 0 saturated carbocycles. The molecule has 0 saturated heterocycles. The van der Waals surface area contributed by atoms with E-state index in [-0.39, 0.29) is 17.3 Å². The second kappa shape index (κ2) is 8.65. The largest absolute Gasteiger partial charge is 0.464 e. The summed E-state index contributed by atoms with van der Waals surface area (Å²) in [7, 11) is 1.22. The molecular formula is C16H25N3O7. The van der Waals surface area contributed by atoms with Crippen molar-refractivity contribution in [2.24, 2.45) is 0 Å². The molecule has 10 heteroatoms. The zero-order valence-corrected chi connectivity index (χ0v) is 15.7. The van der Waals surface area contributed by atoms with Crippen LogP contribution in [0.15, 0.2) is 4.42 Å². The standard InChI is InChI=1S/C16H25N3O7/c1-8(13-19-11(9(2)25-13)14(22)24-6)17-12(21)10(7-20)18-15(23)26-16(3,4)5/h8,10,20H,7H2,1-6H3,(H,17,21)(H,18,23)/t8-,10+/m1/s1. The maximum absolute atomic E-state index is 12.2. The number of aromatic nitrogens is 1. The number of aliphatic hydroxyl groups is 1. The number of esters is 1. The molecule has 0 radical (unpaired) electrons. The number of alkyl carbamates (subject to hydrolysis) is 1. The van der Waals surface area contributed by atoms with Crippen molar-refractivity contribution < 1.29 is 33.4 Å². The minimum absolute atomic E-state index is 0.00851. The van der Waals surface area contributed by atoms with E-state index in [0.717, 1.165) is 0 Å². The first-order valence-electron chi connectivity index (χ1n) is 7.94. The maximum Gasteiger partial charge on any atom is 0.408 e. The Balaban J connectivity index is 2.75. The van der Waals surface area contributed by atoms with Gasteiger partial charge < -0.3 is 29.6 Å². The minimum Gasteiger partial charge on any atom is -0.464 e. The van der Waals surface area contributed by atoms with Crippen LogP contribution in [-0.4, -0.2) is 53.4 Å². The van der Waals surface area contributed by atoms with E-state index < -0.39 is 42.3 Å². The predicted molar refractivity (Wildman–Crippen MR) is 89.4 cm³/mol.